The van der Waals surface area contributed by atoms with Gasteiger partial charge in [-0.05, 0) is 12.0 Å². The second kappa shape index (κ2) is 7.41. The monoisotopic (exact) mass is 264 g/mol. The van der Waals surface area contributed by atoms with Crippen LogP contribution in [0.2, 0.25) is 0 Å². The Morgan fingerprint density at radius 2 is 1.95 bits per heavy atom. The lowest BCUT2D eigenvalue weighted by Gasteiger charge is -2.21. The summed E-state index contributed by atoms with van der Waals surface area (Å²) in [6.07, 6.45) is 1.88. The summed E-state index contributed by atoms with van der Waals surface area (Å²) in [5.74, 6) is -1.07. The van der Waals surface area contributed by atoms with Crippen LogP contribution < -0.4 is 5.32 Å². The van der Waals surface area contributed by atoms with Crippen molar-refractivity contribution in [1.82, 2.24) is 10.2 Å². The first kappa shape index (κ1) is 15.0. The summed E-state index contributed by atoms with van der Waals surface area (Å²) < 4.78 is 0. The number of carboxylic acids is 1. The zero-order valence-electron chi connectivity index (χ0n) is 11.3. The Bertz CT molecular complexity index is 420. The molecule has 0 fully saturated rings. The number of carbonyl (C=O) groups excluding carboxylic acids is 1. The topological polar surface area (TPSA) is 69.6 Å². The number of rotatable bonds is 6. The molecule has 0 radical (unpaired) electrons. The highest BCUT2D eigenvalue weighted by molar-refractivity contribution is 5.83. The lowest BCUT2D eigenvalue weighted by molar-refractivity contribution is -0.139. The van der Waals surface area contributed by atoms with E-state index in [-0.39, 0.29) is 6.03 Å². The van der Waals surface area contributed by atoms with Crippen molar-refractivity contribution >= 4 is 12.0 Å². The number of unbranched alkanes of at least 4 members (excludes halogenated alkanes) is 1. The van der Waals surface area contributed by atoms with Crippen LogP contribution in [0.25, 0.3) is 0 Å². The molecule has 0 saturated heterocycles. The number of amides is 2. The third-order valence-electron chi connectivity index (χ3n) is 2.84. The highest BCUT2D eigenvalue weighted by atomic mass is 16.4. The molecule has 0 aliphatic carbocycles. The van der Waals surface area contributed by atoms with Crippen LogP contribution in [0.15, 0.2) is 30.3 Å². The van der Waals surface area contributed by atoms with Gasteiger partial charge >= 0.3 is 12.0 Å². The first-order valence-corrected chi connectivity index (χ1v) is 6.35. The van der Waals surface area contributed by atoms with Crippen LogP contribution in [0.4, 0.5) is 4.79 Å². The predicted octanol–water partition coefficient (Wildman–Crippen LogP) is 2.25. The molecule has 2 amide bonds. The molecule has 0 bridgehead atoms. The van der Waals surface area contributed by atoms with E-state index in [2.05, 4.69) is 5.32 Å². The number of nitrogens with one attached hydrogen (secondary N) is 1. The van der Waals surface area contributed by atoms with E-state index in [0.29, 0.717) is 12.1 Å². The van der Waals surface area contributed by atoms with Gasteiger partial charge in [-0.3, -0.25) is 0 Å². The SMILES string of the molecule is CCCCN(C)C(=O)NC(C(=O)O)c1ccccc1. The molecule has 19 heavy (non-hydrogen) atoms. The zero-order chi connectivity index (χ0) is 14.3. The molecule has 1 rings (SSSR count). The molecule has 104 valence electrons. The van der Waals surface area contributed by atoms with E-state index in [1.807, 2.05) is 6.92 Å². The Morgan fingerprint density at radius 3 is 2.47 bits per heavy atom. The summed E-state index contributed by atoms with van der Waals surface area (Å²) in [6, 6.07) is 7.28. The second-order valence-electron chi connectivity index (χ2n) is 4.41. The quantitative estimate of drug-likeness (QED) is 0.828. The molecule has 1 aromatic rings. The molecule has 0 aliphatic heterocycles. The highest BCUT2D eigenvalue weighted by Crippen LogP contribution is 2.13. The van der Waals surface area contributed by atoms with Gasteiger partial charge in [0.05, 0.1) is 0 Å². The molecule has 1 unspecified atom stereocenters. The van der Waals surface area contributed by atoms with Crippen molar-refractivity contribution in [3.05, 3.63) is 35.9 Å². The fourth-order valence-electron chi connectivity index (χ4n) is 1.66. The first-order chi connectivity index (χ1) is 9.06. The number of hydrogen-bond acceptors (Lipinski definition) is 2. The minimum Gasteiger partial charge on any atom is -0.479 e. The Labute approximate surface area is 113 Å². The summed E-state index contributed by atoms with van der Waals surface area (Å²) in [7, 11) is 1.66. The molecular weight excluding hydrogens is 244 g/mol. The average molecular weight is 264 g/mol. The third-order valence-corrected chi connectivity index (χ3v) is 2.84. The standard InChI is InChI=1S/C14H20N2O3/c1-3-4-10-16(2)14(19)15-12(13(17)18)11-8-6-5-7-9-11/h5-9,12H,3-4,10H2,1-2H3,(H,15,19)(H,17,18). The summed E-state index contributed by atoms with van der Waals surface area (Å²) in [5.41, 5.74) is 0.562. The molecule has 0 aromatic heterocycles. The fraction of sp³-hybridized carbons (Fsp3) is 0.429. The number of benzene rings is 1. The van der Waals surface area contributed by atoms with Crippen LogP contribution >= 0.6 is 0 Å². The zero-order valence-corrected chi connectivity index (χ0v) is 11.3. The van der Waals surface area contributed by atoms with Gasteiger partial charge in [0.1, 0.15) is 0 Å². The van der Waals surface area contributed by atoms with Crippen LogP contribution in [0.3, 0.4) is 0 Å². The maximum absolute atomic E-state index is 11.9. The van der Waals surface area contributed by atoms with Crippen molar-refractivity contribution in [3.8, 4) is 0 Å². The van der Waals surface area contributed by atoms with Gasteiger partial charge in [-0.1, -0.05) is 43.7 Å². The van der Waals surface area contributed by atoms with E-state index in [4.69, 9.17) is 0 Å². The average Bonchev–Trinajstić information content (AvgIpc) is 2.42. The lowest BCUT2D eigenvalue weighted by atomic mass is 10.1. The molecule has 1 aromatic carbocycles. The summed E-state index contributed by atoms with van der Waals surface area (Å²) in [6.45, 7) is 2.65. The van der Waals surface area contributed by atoms with E-state index >= 15 is 0 Å². The van der Waals surface area contributed by atoms with Gasteiger partial charge in [-0.2, -0.15) is 0 Å². The van der Waals surface area contributed by atoms with E-state index in [9.17, 15) is 14.7 Å². The minimum absolute atomic E-state index is 0.371. The predicted molar refractivity (Wildman–Crippen MR) is 72.9 cm³/mol. The number of urea groups is 1. The molecule has 0 heterocycles. The van der Waals surface area contributed by atoms with Crippen LogP contribution in [-0.2, 0) is 4.79 Å². The van der Waals surface area contributed by atoms with Crippen molar-refractivity contribution in [1.29, 1.82) is 0 Å². The number of carbonyl (C=O) groups is 2. The van der Waals surface area contributed by atoms with Gasteiger partial charge in [0.25, 0.3) is 0 Å². The normalized spacial score (nSPS) is 11.7. The number of hydrogen-bond donors (Lipinski definition) is 2. The second-order valence-corrected chi connectivity index (χ2v) is 4.41. The first-order valence-electron chi connectivity index (χ1n) is 6.35. The Hall–Kier alpha value is -2.04. The van der Waals surface area contributed by atoms with E-state index in [0.717, 1.165) is 12.8 Å². The molecule has 5 nitrogen and oxygen atoms in total. The number of aliphatic carboxylic acids is 1. The van der Waals surface area contributed by atoms with Gasteiger partial charge in [-0.15, -0.1) is 0 Å². The van der Waals surface area contributed by atoms with Crippen molar-refractivity contribution in [3.63, 3.8) is 0 Å². The third kappa shape index (κ3) is 4.62. The molecular formula is C14H20N2O3. The van der Waals surface area contributed by atoms with Crippen molar-refractivity contribution in [2.24, 2.45) is 0 Å². The van der Waals surface area contributed by atoms with E-state index < -0.39 is 12.0 Å². The fourth-order valence-corrected chi connectivity index (χ4v) is 1.66. The molecule has 5 heteroatoms. The van der Waals surface area contributed by atoms with Gasteiger partial charge in [0.15, 0.2) is 6.04 Å². The van der Waals surface area contributed by atoms with Crippen LogP contribution in [0, 0.1) is 0 Å². The lowest BCUT2D eigenvalue weighted by Crippen LogP contribution is -2.42. The smallest absolute Gasteiger partial charge is 0.330 e. The Morgan fingerprint density at radius 1 is 1.32 bits per heavy atom. The van der Waals surface area contributed by atoms with Crippen LogP contribution in [-0.4, -0.2) is 35.6 Å². The summed E-state index contributed by atoms with van der Waals surface area (Å²) >= 11 is 0. The van der Waals surface area contributed by atoms with E-state index in [1.165, 1.54) is 4.90 Å². The van der Waals surface area contributed by atoms with Crippen molar-refractivity contribution in [2.75, 3.05) is 13.6 Å². The maximum Gasteiger partial charge on any atom is 0.330 e. The summed E-state index contributed by atoms with van der Waals surface area (Å²) in [4.78, 5) is 24.6. The maximum atomic E-state index is 11.9. The molecule has 0 aliphatic rings. The summed E-state index contributed by atoms with van der Waals surface area (Å²) in [5, 5.41) is 11.7. The van der Waals surface area contributed by atoms with Crippen LogP contribution in [0.5, 0.6) is 0 Å². The van der Waals surface area contributed by atoms with Gasteiger partial charge in [-0.25, -0.2) is 9.59 Å². The number of nitrogens with zero attached hydrogens (tertiary/aromatic N) is 1. The highest BCUT2D eigenvalue weighted by Gasteiger charge is 2.23. The van der Waals surface area contributed by atoms with Crippen molar-refractivity contribution in [2.45, 2.75) is 25.8 Å². The van der Waals surface area contributed by atoms with Crippen molar-refractivity contribution < 1.29 is 14.7 Å². The Balaban J connectivity index is 2.70. The van der Waals surface area contributed by atoms with Gasteiger partial charge < -0.3 is 15.3 Å². The molecule has 1 atom stereocenters. The van der Waals surface area contributed by atoms with E-state index in [1.54, 1.807) is 37.4 Å². The Kier molecular flexibility index (Phi) is 5.85. The molecule has 0 spiro atoms. The molecule has 2 N–H and O–H groups in total. The van der Waals surface area contributed by atoms with Gasteiger partial charge in [0, 0.05) is 13.6 Å². The molecule has 0 saturated carbocycles. The van der Waals surface area contributed by atoms with Crippen LogP contribution in [0.1, 0.15) is 31.4 Å². The largest absolute Gasteiger partial charge is 0.479 e. The minimum atomic E-state index is -1.07. The number of carboxylic acid groups (broad SMARTS) is 1. The van der Waals surface area contributed by atoms with Gasteiger partial charge in [0.2, 0.25) is 0 Å².